The van der Waals surface area contributed by atoms with E-state index in [1.165, 1.54) is 109 Å². The standard InChI is InChI=1S/C101H166O16P2/c1-4-7-10-13-16-19-22-25-28-31-34-37-40-42-44-46-47-49-51-52-55-57-60-63-66-69-72-75-78-81-84-87-99(104)111-90-96(102)91-113-118(107,108)114-92-97(103)93-115-119(109,110)116-95-98(117-101(106)89-86-83-80-77-74-71-68-65-62-59-54-39-36-33-30-27-24-21-18-15-12-9-6-3)94-112-100(105)88-85-82-79-76-73-70-67-64-61-58-56-53-50-48-45-43-41-38-35-32-29-26-23-20-17-14-11-8-5-2/h7-12,16-21,25-30,34-39,42-45,50,53,59,62,68,71,96-98,102-103H,4-6,13-15,22-24,31-33,40-41,46-49,51-52,54-58,60-61,63-67,69-70,72-95H2,1-3H3,(H,107,108)(H,109,110)/b10-7-,11-8-,12-9-,19-16-,20-17-,21-18-,28-25-,29-26-,30-27-,37-34-,38-35-,39-36-,44-42-,45-43-,53-50-,62-59-,71-68-. The van der Waals surface area contributed by atoms with Crippen LogP contribution in [0.3, 0.4) is 0 Å². The summed E-state index contributed by atoms with van der Waals surface area (Å²) in [6.07, 6.45) is 123. The maximum Gasteiger partial charge on any atom is 0.472 e. The Balaban J connectivity index is 4.66. The van der Waals surface area contributed by atoms with Crippen molar-refractivity contribution in [2.75, 3.05) is 39.6 Å². The number of phosphoric acid groups is 2. The summed E-state index contributed by atoms with van der Waals surface area (Å²) in [6.45, 7) is 2.33. The largest absolute Gasteiger partial charge is 0.472 e. The van der Waals surface area contributed by atoms with Crippen molar-refractivity contribution in [2.45, 2.75) is 373 Å². The molecule has 0 aliphatic rings. The Hall–Kier alpha value is -5.87. The Morgan fingerprint density at radius 3 is 0.664 bits per heavy atom. The molecule has 0 aliphatic heterocycles. The minimum absolute atomic E-state index is 0.0663. The van der Waals surface area contributed by atoms with Gasteiger partial charge in [0.25, 0.3) is 0 Å². The number of ether oxygens (including phenoxy) is 3. The molecule has 0 spiro atoms. The monoisotopic (exact) mass is 1700 g/mol. The molecule has 16 nitrogen and oxygen atoms in total. The van der Waals surface area contributed by atoms with Crippen LogP contribution < -0.4 is 0 Å². The summed E-state index contributed by atoms with van der Waals surface area (Å²) in [5.41, 5.74) is 0. The molecule has 0 aromatic heterocycles. The van der Waals surface area contributed by atoms with Crippen LogP contribution in [0.5, 0.6) is 0 Å². The highest BCUT2D eigenvalue weighted by Crippen LogP contribution is 2.45. The van der Waals surface area contributed by atoms with Crippen LogP contribution >= 0.6 is 15.6 Å². The molecule has 0 bridgehead atoms. The van der Waals surface area contributed by atoms with E-state index < -0.39 is 91.5 Å². The second-order valence-electron chi connectivity index (χ2n) is 30.3. The first-order chi connectivity index (χ1) is 58.2. The number of carbonyl (C=O) groups excluding carboxylic acids is 3. The number of carbonyl (C=O) groups is 3. The molecule has 0 saturated heterocycles. The average Bonchev–Trinajstić information content (AvgIpc) is 0.903. The first-order valence-corrected chi connectivity index (χ1v) is 49.4. The number of hydrogen-bond acceptors (Lipinski definition) is 14. The molecule has 0 aromatic carbocycles. The number of esters is 3. The third-order valence-electron chi connectivity index (χ3n) is 19.0. The van der Waals surface area contributed by atoms with Crippen LogP contribution in [0.4, 0.5) is 0 Å². The van der Waals surface area contributed by atoms with E-state index in [0.29, 0.717) is 19.3 Å². The fourth-order valence-corrected chi connectivity index (χ4v) is 13.7. The number of phosphoric ester groups is 2. The van der Waals surface area contributed by atoms with Crippen molar-refractivity contribution >= 4 is 33.6 Å². The van der Waals surface area contributed by atoms with Gasteiger partial charge in [-0.2, -0.15) is 0 Å². The van der Waals surface area contributed by atoms with Gasteiger partial charge in [-0.25, -0.2) is 9.13 Å². The van der Waals surface area contributed by atoms with Gasteiger partial charge in [0, 0.05) is 19.3 Å². The van der Waals surface area contributed by atoms with Gasteiger partial charge < -0.3 is 34.2 Å². The number of aliphatic hydroxyl groups is 2. The van der Waals surface area contributed by atoms with E-state index in [9.17, 15) is 43.5 Å². The smallest absolute Gasteiger partial charge is 0.463 e. The van der Waals surface area contributed by atoms with E-state index in [2.05, 4.69) is 227 Å². The molecule has 5 unspecified atom stereocenters. The molecule has 0 rings (SSSR count). The van der Waals surface area contributed by atoms with Crippen LogP contribution in [-0.4, -0.2) is 95.9 Å². The molecule has 119 heavy (non-hydrogen) atoms. The number of allylic oxidation sites excluding steroid dienone is 34. The Morgan fingerprint density at radius 2 is 0.420 bits per heavy atom. The summed E-state index contributed by atoms with van der Waals surface area (Å²) in [6, 6.07) is 0. The molecule has 0 aromatic rings. The van der Waals surface area contributed by atoms with Crippen molar-refractivity contribution in [1.82, 2.24) is 0 Å². The molecule has 0 aliphatic carbocycles. The Morgan fingerprint density at radius 1 is 0.235 bits per heavy atom. The van der Waals surface area contributed by atoms with Crippen molar-refractivity contribution in [2.24, 2.45) is 0 Å². The molecule has 0 saturated carbocycles. The number of aliphatic hydroxyl groups excluding tert-OH is 2. The Kier molecular flexibility index (Phi) is 86.8. The third-order valence-corrected chi connectivity index (χ3v) is 20.9. The lowest BCUT2D eigenvalue weighted by molar-refractivity contribution is -0.161. The summed E-state index contributed by atoms with van der Waals surface area (Å²) < 4.78 is 61.5. The third kappa shape index (κ3) is 92.7. The second kappa shape index (κ2) is 91.3. The maximum atomic E-state index is 13.1. The molecular formula is C101H166O16P2. The lowest BCUT2D eigenvalue weighted by Crippen LogP contribution is -2.30. The minimum Gasteiger partial charge on any atom is -0.463 e. The predicted octanol–water partition coefficient (Wildman–Crippen LogP) is 28.8. The van der Waals surface area contributed by atoms with Gasteiger partial charge in [0.2, 0.25) is 0 Å². The summed E-state index contributed by atoms with van der Waals surface area (Å²) in [7, 11) is -9.83. The van der Waals surface area contributed by atoms with E-state index >= 15 is 0 Å². The van der Waals surface area contributed by atoms with E-state index in [0.717, 1.165) is 186 Å². The van der Waals surface area contributed by atoms with E-state index in [1.54, 1.807) is 0 Å². The van der Waals surface area contributed by atoms with Crippen molar-refractivity contribution in [1.29, 1.82) is 0 Å². The molecule has 0 amide bonds. The van der Waals surface area contributed by atoms with Crippen LogP contribution in [0.25, 0.3) is 0 Å². The lowest BCUT2D eigenvalue weighted by Gasteiger charge is -2.21. The number of unbranched alkanes of at least 4 members (excludes halogenated alkanes) is 29. The normalized spacial score (nSPS) is 14.7. The van der Waals surface area contributed by atoms with Crippen molar-refractivity contribution < 1.29 is 75.8 Å². The molecule has 4 N–H and O–H groups in total. The van der Waals surface area contributed by atoms with E-state index in [-0.39, 0.29) is 19.3 Å². The van der Waals surface area contributed by atoms with Crippen molar-refractivity contribution in [3.8, 4) is 0 Å². The summed E-state index contributed by atoms with van der Waals surface area (Å²) in [5.74, 6) is -1.61. The highest BCUT2D eigenvalue weighted by Gasteiger charge is 2.29. The predicted molar refractivity (Wildman–Crippen MR) is 500 cm³/mol. The second-order valence-corrected chi connectivity index (χ2v) is 33.2. The molecule has 5 atom stereocenters. The first kappa shape index (κ1) is 113. The highest BCUT2D eigenvalue weighted by molar-refractivity contribution is 7.47. The molecule has 18 heteroatoms. The summed E-state index contributed by atoms with van der Waals surface area (Å²) in [5, 5.41) is 20.7. The quantitative estimate of drug-likeness (QED) is 0.0146. The fourth-order valence-electron chi connectivity index (χ4n) is 12.1. The van der Waals surface area contributed by atoms with Gasteiger partial charge in [-0.05, 0) is 167 Å². The van der Waals surface area contributed by atoms with Gasteiger partial charge in [-0.3, -0.25) is 32.5 Å². The molecule has 0 radical (unpaired) electrons. The van der Waals surface area contributed by atoms with Crippen LogP contribution in [-0.2, 0) is 55.8 Å². The minimum atomic E-state index is -4.96. The zero-order valence-electron chi connectivity index (χ0n) is 74.5. The van der Waals surface area contributed by atoms with Crippen molar-refractivity contribution in [3.05, 3.63) is 207 Å². The lowest BCUT2D eigenvalue weighted by atomic mass is 10.0. The van der Waals surface area contributed by atoms with Crippen LogP contribution in [0.2, 0.25) is 0 Å². The average molecular weight is 1700 g/mol. The van der Waals surface area contributed by atoms with Crippen LogP contribution in [0, 0.1) is 0 Å². The molecule has 0 heterocycles. The van der Waals surface area contributed by atoms with E-state index in [1.807, 2.05) is 0 Å². The number of rotatable bonds is 86. The van der Waals surface area contributed by atoms with Crippen molar-refractivity contribution in [3.63, 3.8) is 0 Å². The fraction of sp³-hybridized carbons (Fsp3) is 0.634. The maximum absolute atomic E-state index is 13.1. The Bertz CT molecular complexity index is 2990. The van der Waals surface area contributed by atoms with Gasteiger partial charge in [0.1, 0.15) is 25.4 Å². The van der Waals surface area contributed by atoms with Gasteiger partial charge in [0.05, 0.1) is 26.4 Å². The van der Waals surface area contributed by atoms with Crippen LogP contribution in [0.15, 0.2) is 207 Å². The Labute approximate surface area is 724 Å². The molecule has 0 fully saturated rings. The van der Waals surface area contributed by atoms with Gasteiger partial charge in [-0.15, -0.1) is 0 Å². The topological polar surface area (TPSA) is 231 Å². The molecular weight excluding hydrogens is 1530 g/mol. The van der Waals surface area contributed by atoms with Gasteiger partial charge in [-0.1, -0.05) is 375 Å². The highest BCUT2D eigenvalue weighted by atomic mass is 31.2. The number of hydrogen-bond donors (Lipinski definition) is 4. The van der Waals surface area contributed by atoms with E-state index in [4.69, 9.17) is 32.3 Å². The van der Waals surface area contributed by atoms with Gasteiger partial charge >= 0.3 is 33.6 Å². The SMILES string of the molecule is CC/C=C\C/C=C\C/C=C\C/C=C\C/C=C\C/C=C\CCCCCCCCCCCCC(=O)OCC(COP(=O)(O)OCC(O)COP(=O)(O)OCC(O)COC(=O)CCCCCCCCCCCCCCCCC/C=C\C/C=C\C/C=C\C/C=C\C/C=C\CC)OC(=O)CCCCCC/C=C\C/C=C\C/C=C\C/C=C\C/C=C\C/C=C\CC. The zero-order valence-corrected chi connectivity index (χ0v) is 76.2. The summed E-state index contributed by atoms with van der Waals surface area (Å²) in [4.78, 5) is 59.0. The summed E-state index contributed by atoms with van der Waals surface area (Å²) >= 11 is 0. The zero-order chi connectivity index (χ0) is 86.5. The molecule has 676 valence electrons. The van der Waals surface area contributed by atoms with Gasteiger partial charge in [0.15, 0.2) is 6.10 Å². The first-order valence-electron chi connectivity index (χ1n) is 46.4. The van der Waals surface area contributed by atoms with Crippen LogP contribution in [0.1, 0.15) is 355 Å².